The molecule has 2 atom stereocenters. The number of carbonyl (C=O) groups excluding carboxylic acids is 5. The molecular formula is C35H31N3O9. The molecule has 0 fully saturated rings. The van der Waals surface area contributed by atoms with E-state index in [-0.39, 0.29) is 22.6 Å². The summed E-state index contributed by atoms with van der Waals surface area (Å²) in [6.45, 7) is 5.33. The number of rotatable bonds is 10. The van der Waals surface area contributed by atoms with Gasteiger partial charge in [0.05, 0.1) is 11.1 Å². The fourth-order valence-corrected chi connectivity index (χ4v) is 4.28. The third kappa shape index (κ3) is 9.11. The van der Waals surface area contributed by atoms with Crippen molar-refractivity contribution >= 4 is 41.3 Å². The maximum Gasteiger partial charge on any atom is 0.349 e. The lowest BCUT2D eigenvalue weighted by Crippen LogP contribution is -2.54. The lowest BCUT2D eigenvalue weighted by molar-refractivity contribution is -0.159. The SMILES string of the molecule is Cc1ccc(C(=O)Nc2ccc(C(=O)NNC(=O)[C@H](OC(=O)c3cccc(C)c3)[C@H](OC(=O)c3cccc(C)c3)C(=O)O)cc2)cc1. The van der Waals surface area contributed by atoms with Crippen molar-refractivity contribution in [2.24, 2.45) is 0 Å². The first-order valence-corrected chi connectivity index (χ1v) is 14.3. The molecule has 47 heavy (non-hydrogen) atoms. The lowest BCUT2D eigenvalue weighted by Gasteiger charge is -2.23. The standard InChI is InChI=1S/C35H31N3O9/c1-20-10-12-23(13-11-20)30(39)36-27-16-14-24(15-17-27)31(40)37-38-32(41)28(46-34(44)25-8-4-6-21(2)18-25)29(33(42)43)47-35(45)26-9-5-7-22(3)19-26/h4-19,28-29H,1-3H3,(H,36,39)(H,37,40)(H,38,41)(H,42,43)/t28-,29+/m1/s1. The Bertz CT molecular complexity index is 1820. The largest absolute Gasteiger partial charge is 0.478 e. The molecule has 0 heterocycles. The number of carbonyl (C=O) groups is 6. The Balaban J connectivity index is 1.48. The highest BCUT2D eigenvalue weighted by atomic mass is 16.6. The van der Waals surface area contributed by atoms with Gasteiger partial charge in [0.2, 0.25) is 12.2 Å². The van der Waals surface area contributed by atoms with Crippen molar-refractivity contribution in [1.82, 2.24) is 10.9 Å². The van der Waals surface area contributed by atoms with E-state index in [4.69, 9.17) is 9.47 Å². The zero-order valence-corrected chi connectivity index (χ0v) is 25.6. The summed E-state index contributed by atoms with van der Waals surface area (Å²) in [5.74, 6) is -6.38. The molecule has 4 aromatic carbocycles. The highest BCUT2D eigenvalue weighted by Gasteiger charge is 2.41. The van der Waals surface area contributed by atoms with Crippen LogP contribution >= 0.6 is 0 Å². The number of aryl methyl sites for hydroxylation is 3. The summed E-state index contributed by atoms with van der Waals surface area (Å²) in [6.07, 6.45) is -4.50. The average molecular weight is 638 g/mol. The molecule has 0 radical (unpaired) electrons. The second-order valence-corrected chi connectivity index (χ2v) is 10.6. The molecule has 0 aliphatic carbocycles. The maximum absolute atomic E-state index is 13.3. The molecule has 4 aromatic rings. The number of carboxylic acids is 1. The van der Waals surface area contributed by atoms with Crippen LogP contribution in [0.15, 0.2) is 97.1 Å². The Morgan fingerprint density at radius 1 is 0.553 bits per heavy atom. The van der Waals surface area contributed by atoms with E-state index >= 15 is 0 Å². The van der Waals surface area contributed by atoms with Gasteiger partial charge in [-0.3, -0.25) is 25.2 Å². The second kappa shape index (κ2) is 15.1. The van der Waals surface area contributed by atoms with Gasteiger partial charge in [-0.1, -0.05) is 53.1 Å². The lowest BCUT2D eigenvalue weighted by atomic mass is 10.1. The molecule has 0 spiro atoms. The van der Waals surface area contributed by atoms with Crippen LogP contribution < -0.4 is 16.2 Å². The molecule has 0 bridgehead atoms. The van der Waals surface area contributed by atoms with Gasteiger partial charge in [0.1, 0.15) is 0 Å². The van der Waals surface area contributed by atoms with Crippen molar-refractivity contribution < 1.29 is 43.3 Å². The van der Waals surface area contributed by atoms with Gasteiger partial charge in [-0.15, -0.1) is 0 Å². The highest BCUT2D eigenvalue weighted by Crippen LogP contribution is 2.16. The van der Waals surface area contributed by atoms with Crippen LogP contribution in [0.2, 0.25) is 0 Å². The monoisotopic (exact) mass is 637 g/mol. The molecule has 240 valence electrons. The molecule has 0 aliphatic heterocycles. The van der Waals surface area contributed by atoms with Crippen LogP contribution in [0.25, 0.3) is 0 Å². The van der Waals surface area contributed by atoms with Gasteiger partial charge in [0.25, 0.3) is 17.7 Å². The van der Waals surface area contributed by atoms with E-state index < -0.39 is 41.9 Å². The van der Waals surface area contributed by atoms with Crippen LogP contribution in [0.1, 0.15) is 58.1 Å². The Morgan fingerprint density at radius 3 is 1.55 bits per heavy atom. The number of ether oxygens (including phenoxy) is 2. The first-order valence-electron chi connectivity index (χ1n) is 14.3. The molecule has 12 nitrogen and oxygen atoms in total. The van der Waals surface area contributed by atoms with Crippen LogP contribution in [0.5, 0.6) is 0 Å². The molecule has 4 rings (SSSR count). The van der Waals surface area contributed by atoms with E-state index in [1.165, 1.54) is 48.5 Å². The smallest absolute Gasteiger partial charge is 0.349 e. The van der Waals surface area contributed by atoms with Gasteiger partial charge in [-0.2, -0.15) is 0 Å². The van der Waals surface area contributed by atoms with Gasteiger partial charge in [-0.05, 0) is 81.4 Å². The first-order chi connectivity index (χ1) is 22.4. The van der Waals surface area contributed by atoms with Crippen LogP contribution in [-0.4, -0.2) is 52.9 Å². The summed E-state index contributed by atoms with van der Waals surface area (Å²) < 4.78 is 10.4. The predicted molar refractivity (Wildman–Crippen MR) is 170 cm³/mol. The van der Waals surface area contributed by atoms with Crippen LogP contribution in [0, 0.1) is 20.8 Å². The predicted octanol–water partition coefficient (Wildman–Crippen LogP) is 4.16. The first kappa shape index (κ1) is 33.6. The minimum atomic E-state index is -2.29. The topological polar surface area (TPSA) is 177 Å². The normalized spacial score (nSPS) is 11.7. The van der Waals surface area contributed by atoms with Gasteiger partial charge >= 0.3 is 17.9 Å². The number of amides is 3. The maximum atomic E-state index is 13.3. The molecule has 4 N–H and O–H groups in total. The molecule has 0 saturated heterocycles. The summed E-state index contributed by atoms with van der Waals surface area (Å²) in [5.41, 5.74) is 7.48. The van der Waals surface area contributed by atoms with Crippen molar-refractivity contribution in [3.05, 3.63) is 136 Å². The Labute approximate surface area is 269 Å². The summed E-state index contributed by atoms with van der Waals surface area (Å²) in [6, 6.07) is 24.9. The molecule has 3 amide bonds. The number of hydrogen-bond donors (Lipinski definition) is 4. The van der Waals surface area contributed by atoms with E-state index in [9.17, 15) is 33.9 Å². The zero-order valence-electron chi connectivity index (χ0n) is 25.6. The Kier molecular flexibility index (Phi) is 10.8. The van der Waals surface area contributed by atoms with E-state index in [2.05, 4.69) is 10.7 Å². The van der Waals surface area contributed by atoms with E-state index in [1.54, 1.807) is 62.4 Å². The van der Waals surface area contributed by atoms with E-state index in [0.29, 0.717) is 22.4 Å². The number of aliphatic carboxylic acids is 1. The summed E-state index contributed by atoms with van der Waals surface area (Å²) >= 11 is 0. The fraction of sp³-hybridized carbons (Fsp3) is 0.143. The molecule has 0 aromatic heterocycles. The number of carboxylic acid groups (broad SMARTS) is 1. The van der Waals surface area contributed by atoms with Gasteiger partial charge < -0.3 is 19.9 Å². The Morgan fingerprint density at radius 2 is 1.04 bits per heavy atom. The fourth-order valence-electron chi connectivity index (χ4n) is 4.28. The van der Waals surface area contributed by atoms with Crippen molar-refractivity contribution in [1.29, 1.82) is 0 Å². The molecule has 0 unspecified atom stereocenters. The third-order valence-electron chi connectivity index (χ3n) is 6.77. The second-order valence-electron chi connectivity index (χ2n) is 10.6. The van der Waals surface area contributed by atoms with Gasteiger partial charge in [0, 0.05) is 16.8 Å². The number of hydrazine groups is 1. The molecular weight excluding hydrogens is 606 g/mol. The van der Waals surface area contributed by atoms with Gasteiger partial charge in [-0.25, -0.2) is 14.4 Å². The van der Waals surface area contributed by atoms with Crippen molar-refractivity contribution in [2.45, 2.75) is 33.0 Å². The average Bonchev–Trinajstić information content (AvgIpc) is 3.05. The number of hydrogen-bond acceptors (Lipinski definition) is 8. The minimum absolute atomic E-state index is 0.00669. The zero-order chi connectivity index (χ0) is 34.1. The van der Waals surface area contributed by atoms with Crippen molar-refractivity contribution in [3.63, 3.8) is 0 Å². The number of esters is 2. The van der Waals surface area contributed by atoms with Crippen LogP contribution in [0.4, 0.5) is 5.69 Å². The highest BCUT2D eigenvalue weighted by molar-refractivity contribution is 6.05. The van der Waals surface area contributed by atoms with E-state index in [0.717, 1.165) is 5.56 Å². The van der Waals surface area contributed by atoms with E-state index in [1.807, 2.05) is 12.3 Å². The number of anilines is 1. The van der Waals surface area contributed by atoms with Crippen molar-refractivity contribution in [2.75, 3.05) is 5.32 Å². The number of nitrogens with one attached hydrogen (secondary N) is 3. The quantitative estimate of drug-likeness (QED) is 0.147. The molecule has 12 heteroatoms. The summed E-state index contributed by atoms with van der Waals surface area (Å²) in [4.78, 5) is 76.6. The number of benzene rings is 4. The van der Waals surface area contributed by atoms with Crippen molar-refractivity contribution in [3.8, 4) is 0 Å². The van der Waals surface area contributed by atoms with Gasteiger partial charge in [0.15, 0.2) is 0 Å². The minimum Gasteiger partial charge on any atom is -0.478 e. The molecule has 0 aliphatic rings. The molecule has 0 saturated carbocycles. The summed E-state index contributed by atoms with van der Waals surface area (Å²) in [5, 5.41) is 12.6. The summed E-state index contributed by atoms with van der Waals surface area (Å²) in [7, 11) is 0. The Hall–Kier alpha value is -6.30. The van der Waals surface area contributed by atoms with Crippen LogP contribution in [-0.2, 0) is 19.1 Å². The third-order valence-corrected chi connectivity index (χ3v) is 6.77. The van der Waals surface area contributed by atoms with Crippen LogP contribution in [0.3, 0.4) is 0 Å².